The molecule has 1 N–H and O–H groups in total. The van der Waals surface area contributed by atoms with Crippen LogP contribution in [0.1, 0.15) is 0 Å². The molecule has 0 aliphatic heterocycles. The van der Waals surface area contributed by atoms with Crippen molar-refractivity contribution in [3.05, 3.63) is 127 Å². The van der Waals surface area contributed by atoms with Gasteiger partial charge < -0.3 is 14.6 Å². The van der Waals surface area contributed by atoms with Gasteiger partial charge in [-0.05, 0) is 54.6 Å². The summed E-state index contributed by atoms with van der Waals surface area (Å²) in [6.45, 7) is 0. The number of furan rings is 1. The van der Waals surface area contributed by atoms with Crippen LogP contribution in [0.15, 0.2) is 132 Å². The number of benzene rings is 5. The Morgan fingerprint density at radius 2 is 1.12 bits per heavy atom. The van der Waals surface area contributed by atoms with Gasteiger partial charge in [-0.15, -0.1) is 0 Å². The Morgan fingerprint density at radius 3 is 1.88 bits per heavy atom. The average Bonchev–Trinajstić information content (AvgIpc) is 3.26. The van der Waals surface area contributed by atoms with Crippen molar-refractivity contribution in [1.29, 1.82) is 0 Å². The van der Waals surface area contributed by atoms with E-state index >= 15 is 0 Å². The summed E-state index contributed by atoms with van der Waals surface area (Å²) in [5, 5.41) is 5.83. The van der Waals surface area contributed by atoms with E-state index in [1.54, 1.807) is 0 Å². The van der Waals surface area contributed by atoms with Gasteiger partial charge >= 0.3 is 0 Å². The maximum absolute atomic E-state index is 6.20. The van der Waals surface area contributed by atoms with Crippen molar-refractivity contribution >= 4 is 50.4 Å². The van der Waals surface area contributed by atoms with Gasteiger partial charge in [0.15, 0.2) is 5.58 Å². The van der Waals surface area contributed by atoms with Crippen LogP contribution in [0.2, 0.25) is 0 Å². The summed E-state index contributed by atoms with van der Waals surface area (Å²) in [5.74, 6) is 0. The predicted octanol–water partition coefficient (Wildman–Crippen LogP) is 8.80. The Balaban J connectivity index is 1.42. The number of para-hydroxylation sites is 4. The molecule has 1 aromatic heterocycles. The van der Waals surface area contributed by atoms with Crippen molar-refractivity contribution in [2.24, 2.45) is 0 Å². The minimum absolute atomic E-state index is 0.868. The van der Waals surface area contributed by atoms with Crippen LogP contribution < -0.4 is 10.2 Å². The van der Waals surface area contributed by atoms with E-state index in [1.165, 1.54) is 0 Å². The summed E-state index contributed by atoms with van der Waals surface area (Å²) in [7, 11) is 0. The molecular weight excluding hydrogens is 404 g/mol. The molecule has 0 unspecified atom stereocenters. The van der Waals surface area contributed by atoms with Gasteiger partial charge in [0.2, 0.25) is 0 Å². The van der Waals surface area contributed by atoms with Crippen molar-refractivity contribution < 1.29 is 4.42 Å². The van der Waals surface area contributed by atoms with Crippen molar-refractivity contribution in [2.75, 3.05) is 10.2 Å². The van der Waals surface area contributed by atoms with Crippen LogP contribution >= 0.6 is 0 Å². The highest BCUT2D eigenvalue weighted by Gasteiger charge is 2.14. The summed E-state index contributed by atoms with van der Waals surface area (Å²) >= 11 is 0. The first-order chi connectivity index (χ1) is 16.4. The Labute approximate surface area is 192 Å². The smallest absolute Gasteiger partial charge is 0.158 e. The first kappa shape index (κ1) is 19.2. The standard InChI is InChI=1S/C30H22N2O/c1-3-12-23(13-4-1)32(24-14-5-2-6-15-24)25-16-9-11-22(21-25)31-28-19-10-18-27-26-17-7-8-20-29(26)33-30(27)28/h1-21,31H. The van der Waals surface area contributed by atoms with E-state index in [0.717, 1.165) is 50.4 Å². The van der Waals surface area contributed by atoms with E-state index in [4.69, 9.17) is 4.42 Å². The lowest BCUT2D eigenvalue weighted by atomic mass is 10.1. The zero-order valence-electron chi connectivity index (χ0n) is 18.0. The van der Waals surface area contributed by atoms with Gasteiger partial charge in [0.1, 0.15) is 5.58 Å². The zero-order valence-corrected chi connectivity index (χ0v) is 18.0. The lowest BCUT2D eigenvalue weighted by Crippen LogP contribution is -2.09. The topological polar surface area (TPSA) is 28.4 Å². The summed E-state index contributed by atoms with van der Waals surface area (Å²) in [4.78, 5) is 2.26. The molecule has 0 saturated heterocycles. The SMILES string of the molecule is c1ccc(N(c2ccccc2)c2cccc(Nc3cccc4c3oc3ccccc34)c2)cc1. The Bertz CT molecular complexity index is 1500. The lowest BCUT2D eigenvalue weighted by Gasteiger charge is -2.26. The molecule has 0 atom stereocenters. The van der Waals surface area contributed by atoms with Crippen LogP contribution in [0.25, 0.3) is 21.9 Å². The molecule has 6 aromatic rings. The third-order valence-corrected chi connectivity index (χ3v) is 5.82. The van der Waals surface area contributed by atoms with Crippen molar-refractivity contribution in [2.45, 2.75) is 0 Å². The number of nitrogens with zero attached hydrogens (tertiary/aromatic N) is 1. The molecule has 158 valence electrons. The second kappa shape index (κ2) is 8.21. The summed E-state index contributed by atoms with van der Waals surface area (Å²) in [6.07, 6.45) is 0. The van der Waals surface area contributed by atoms with Crippen molar-refractivity contribution in [3.8, 4) is 0 Å². The molecule has 3 nitrogen and oxygen atoms in total. The van der Waals surface area contributed by atoms with Crippen molar-refractivity contribution in [3.63, 3.8) is 0 Å². The number of fused-ring (bicyclic) bond motifs is 3. The van der Waals surface area contributed by atoms with E-state index in [2.05, 4.69) is 107 Å². The minimum Gasteiger partial charge on any atom is -0.454 e. The van der Waals surface area contributed by atoms with Gasteiger partial charge in [0.25, 0.3) is 0 Å². The summed E-state index contributed by atoms with van der Waals surface area (Å²) in [5.41, 5.74) is 7.01. The number of nitrogens with one attached hydrogen (secondary N) is 1. The van der Waals surface area contributed by atoms with Crippen LogP contribution in [0.4, 0.5) is 28.4 Å². The number of hydrogen-bond acceptors (Lipinski definition) is 3. The maximum Gasteiger partial charge on any atom is 0.158 e. The molecule has 0 spiro atoms. The normalized spacial score (nSPS) is 11.0. The summed E-state index contributed by atoms with van der Waals surface area (Å²) in [6, 6.07) is 43.7. The fraction of sp³-hybridized carbons (Fsp3) is 0. The molecule has 1 heterocycles. The Kier molecular flexibility index (Phi) is 4.78. The second-order valence-electron chi connectivity index (χ2n) is 7.96. The van der Waals surface area contributed by atoms with E-state index < -0.39 is 0 Å². The van der Waals surface area contributed by atoms with E-state index in [-0.39, 0.29) is 0 Å². The van der Waals surface area contributed by atoms with Gasteiger partial charge in [0.05, 0.1) is 5.69 Å². The number of anilines is 5. The van der Waals surface area contributed by atoms with Crippen LogP contribution in [0.5, 0.6) is 0 Å². The molecule has 5 aromatic carbocycles. The quantitative estimate of drug-likeness (QED) is 0.298. The lowest BCUT2D eigenvalue weighted by molar-refractivity contribution is 0.670. The third-order valence-electron chi connectivity index (χ3n) is 5.82. The fourth-order valence-electron chi connectivity index (χ4n) is 4.33. The molecule has 3 heteroatoms. The number of rotatable bonds is 5. The Morgan fingerprint density at radius 1 is 0.515 bits per heavy atom. The van der Waals surface area contributed by atoms with Crippen LogP contribution in [-0.4, -0.2) is 0 Å². The van der Waals surface area contributed by atoms with Gasteiger partial charge in [-0.3, -0.25) is 0 Å². The van der Waals surface area contributed by atoms with Crippen LogP contribution in [0, 0.1) is 0 Å². The molecule has 0 saturated carbocycles. The summed E-state index contributed by atoms with van der Waals surface area (Å²) < 4.78 is 6.20. The maximum atomic E-state index is 6.20. The predicted molar refractivity (Wildman–Crippen MR) is 138 cm³/mol. The third kappa shape index (κ3) is 3.60. The van der Waals surface area contributed by atoms with Crippen molar-refractivity contribution in [1.82, 2.24) is 0 Å². The minimum atomic E-state index is 0.868. The highest BCUT2D eigenvalue weighted by Crippen LogP contribution is 2.37. The molecular formula is C30H22N2O. The van der Waals surface area contributed by atoms with E-state index in [0.29, 0.717) is 0 Å². The van der Waals surface area contributed by atoms with Crippen LogP contribution in [0.3, 0.4) is 0 Å². The zero-order chi connectivity index (χ0) is 22.0. The van der Waals surface area contributed by atoms with Gasteiger partial charge in [-0.25, -0.2) is 0 Å². The van der Waals surface area contributed by atoms with Crippen LogP contribution in [-0.2, 0) is 0 Å². The van der Waals surface area contributed by atoms with Gasteiger partial charge in [-0.2, -0.15) is 0 Å². The van der Waals surface area contributed by atoms with E-state index in [1.807, 2.05) is 30.3 Å². The molecule has 33 heavy (non-hydrogen) atoms. The van der Waals surface area contributed by atoms with E-state index in [9.17, 15) is 0 Å². The first-order valence-corrected chi connectivity index (χ1v) is 11.0. The van der Waals surface area contributed by atoms with Gasteiger partial charge in [-0.1, -0.05) is 72.8 Å². The molecule has 0 aliphatic carbocycles. The highest BCUT2D eigenvalue weighted by atomic mass is 16.3. The Hall–Kier alpha value is -4.50. The highest BCUT2D eigenvalue weighted by molar-refractivity contribution is 6.09. The monoisotopic (exact) mass is 426 g/mol. The van der Waals surface area contributed by atoms with Gasteiger partial charge in [0, 0.05) is 33.5 Å². The number of hydrogen-bond donors (Lipinski definition) is 1. The first-order valence-electron chi connectivity index (χ1n) is 11.0. The second-order valence-corrected chi connectivity index (χ2v) is 7.96. The fourth-order valence-corrected chi connectivity index (χ4v) is 4.33. The molecule has 0 fully saturated rings. The molecule has 0 amide bonds. The average molecular weight is 427 g/mol. The molecule has 6 rings (SSSR count). The largest absolute Gasteiger partial charge is 0.454 e. The molecule has 0 bridgehead atoms. The molecule has 0 aliphatic rings. The molecule has 0 radical (unpaired) electrons.